The molecule has 0 saturated heterocycles. The number of rotatable bonds is 6. The van der Waals surface area contributed by atoms with Crippen LogP contribution in [0.15, 0.2) is 24.3 Å². The van der Waals surface area contributed by atoms with Crippen LogP contribution in [0.25, 0.3) is 0 Å². The Morgan fingerprint density at radius 2 is 2.11 bits per heavy atom. The number of hydrogen-bond donors (Lipinski definition) is 1. The van der Waals surface area contributed by atoms with Crippen LogP contribution in [0.4, 0.5) is 5.69 Å². The summed E-state index contributed by atoms with van der Waals surface area (Å²) >= 11 is 0. The Labute approximate surface area is 111 Å². The summed E-state index contributed by atoms with van der Waals surface area (Å²) in [6.07, 6.45) is 5.58. The van der Waals surface area contributed by atoms with E-state index in [0.717, 1.165) is 12.5 Å². The van der Waals surface area contributed by atoms with Crippen LogP contribution in [-0.4, -0.2) is 20.6 Å². The summed E-state index contributed by atoms with van der Waals surface area (Å²) in [7, 11) is 4.21. The molecule has 1 aromatic carbocycles. The highest BCUT2D eigenvalue weighted by Crippen LogP contribution is 2.35. The van der Waals surface area contributed by atoms with Crippen molar-refractivity contribution in [3.05, 3.63) is 29.8 Å². The number of benzene rings is 1. The second-order valence-corrected chi connectivity index (χ2v) is 5.63. The lowest BCUT2D eigenvalue weighted by Crippen LogP contribution is -2.26. The molecule has 1 aromatic rings. The lowest BCUT2D eigenvalue weighted by molar-refractivity contribution is 0.262. The molecule has 0 bridgehead atoms. The fourth-order valence-electron chi connectivity index (χ4n) is 2.67. The van der Waals surface area contributed by atoms with Gasteiger partial charge in [0.25, 0.3) is 0 Å². The van der Waals surface area contributed by atoms with Crippen LogP contribution in [0.3, 0.4) is 0 Å². The highest BCUT2D eigenvalue weighted by atomic mass is 15.1. The van der Waals surface area contributed by atoms with Gasteiger partial charge in [0.2, 0.25) is 0 Å². The van der Waals surface area contributed by atoms with Crippen LogP contribution in [0, 0.1) is 5.92 Å². The molecule has 0 aromatic heterocycles. The molecule has 1 unspecified atom stereocenters. The van der Waals surface area contributed by atoms with Crippen LogP contribution in [0.1, 0.15) is 44.2 Å². The highest BCUT2D eigenvalue weighted by Gasteiger charge is 2.22. The third kappa shape index (κ3) is 3.26. The summed E-state index contributed by atoms with van der Waals surface area (Å²) < 4.78 is 0. The summed E-state index contributed by atoms with van der Waals surface area (Å²) in [5, 5.41) is 3.65. The summed E-state index contributed by atoms with van der Waals surface area (Å²) in [5.41, 5.74) is 2.74. The largest absolute Gasteiger partial charge is 0.378 e. The number of hydrogen-bond acceptors (Lipinski definition) is 2. The topological polar surface area (TPSA) is 15.3 Å². The molecule has 0 aliphatic heterocycles. The van der Waals surface area contributed by atoms with E-state index >= 15 is 0 Å². The van der Waals surface area contributed by atoms with Gasteiger partial charge in [-0.25, -0.2) is 0 Å². The van der Waals surface area contributed by atoms with Crippen molar-refractivity contribution in [2.75, 3.05) is 25.5 Å². The molecule has 1 atom stereocenters. The van der Waals surface area contributed by atoms with Crippen molar-refractivity contribution in [3.8, 4) is 0 Å². The zero-order valence-corrected chi connectivity index (χ0v) is 11.9. The molecule has 18 heavy (non-hydrogen) atoms. The smallest absolute Gasteiger partial charge is 0.0364 e. The number of nitrogens with one attached hydrogen (secondary N) is 1. The minimum absolute atomic E-state index is 0.528. The molecule has 1 saturated carbocycles. The average molecular weight is 246 g/mol. The third-order valence-corrected chi connectivity index (χ3v) is 4.03. The van der Waals surface area contributed by atoms with E-state index in [1.165, 1.54) is 36.9 Å². The maximum absolute atomic E-state index is 3.65. The van der Waals surface area contributed by atoms with E-state index in [1.54, 1.807) is 0 Å². The van der Waals surface area contributed by atoms with Crippen molar-refractivity contribution < 1.29 is 0 Å². The fourth-order valence-corrected chi connectivity index (χ4v) is 2.67. The quantitative estimate of drug-likeness (QED) is 0.825. The van der Waals surface area contributed by atoms with Crippen molar-refractivity contribution in [1.82, 2.24) is 5.32 Å². The second-order valence-electron chi connectivity index (χ2n) is 5.63. The highest BCUT2D eigenvalue weighted by molar-refractivity contribution is 5.47. The first-order valence-electron chi connectivity index (χ1n) is 7.21. The maximum atomic E-state index is 3.65. The Bertz CT molecular complexity index is 369. The van der Waals surface area contributed by atoms with Crippen LogP contribution in [0.5, 0.6) is 0 Å². The lowest BCUT2D eigenvalue weighted by atomic mass is 9.79. The van der Waals surface area contributed by atoms with Crippen molar-refractivity contribution in [3.63, 3.8) is 0 Å². The minimum Gasteiger partial charge on any atom is -0.378 e. The molecule has 1 aliphatic rings. The van der Waals surface area contributed by atoms with E-state index < -0.39 is 0 Å². The molecule has 0 heterocycles. The van der Waals surface area contributed by atoms with Gasteiger partial charge in [-0.1, -0.05) is 38.3 Å². The van der Waals surface area contributed by atoms with Crippen molar-refractivity contribution in [1.29, 1.82) is 0 Å². The zero-order valence-electron chi connectivity index (χ0n) is 11.9. The average Bonchev–Trinajstić information content (AvgIpc) is 2.32. The molecular formula is C16H26N2. The molecule has 0 radical (unpaired) electrons. The summed E-state index contributed by atoms with van der Waals surface area (Å²) in [6.45, 7) is 3.24. The van der Waals surface area contributed by atoms with Crippen LogP contribution in [0.2, 0.25) is 0 Å². The summed E-state index contributed by atoms with van der Waals surface area (Å²) in [5.74, 6) is 0.942. The third-order valence-electron chi connectivity index (χ3n) is 4.03. The molecular weight excluding hydrogens is 220 g/mol. The molecule has 100 valence electrons. The molecule has 1 fully saturated rings. The molecule has 0 spiro atoms. The maximum Gasteiger partial charge on any atom is 0.0364 e. The van der Waals surface area contributed by atoms with Gasteiger partial charge in [-0.2, -0.15) is 0 Å². The Hall–Kier alpha value is -1.02. The van der Waals surface area contributed by atoms with E-state index in [4.69, 9.17) is 0 Å². The van der Waals surface area contributed by atoms with Crippen molar-refractivity contribution in [2.24, 2.45) is 5.92 Å². The van der Waals surface area contributed by atoms with Crippen LogP contribution in [-0.2, 0) is 0 Å². The summed E-state index contributed by atoms with van der Waals surface area (Å²) in [4.78, 5) is 2.18. The zero-order chi connectivity index (χ0) is 13.0. The molecule has 0 amide bonds. The SMILES string of the molecule is CCNC(CC1CCC1)c1cccc(N(C)C)c1. The van der Waals surface area contributed by atoms with Gasteiger partial charge in [0.1, 0.15) is 0 Å². The van der Waals surface area contributed by atoms with Crippen molar-refractivity contribution >= 4 is 5.69 Å². The molecule has 1 aliphatic carbocycles. The van der Waals surface area contributed by atoms with E-state index in [0.29, 0.717) is 6.04 Å². The van der Waals surface area contributed by atoms with Crippen LogP contribution >= 0.6 is 0 Å². The molecule has 2 heteroatoms. The predicted octanol–water partition coefficient (Wildman–Crippen LogP) is 3.59. The van der Waals surface area contributed by atoms with E-state index in [-0.39, 0.29) is 0 Å². The first-order chi connectivity index (χ1) is 8.70. The van der Waals surface area contributed by atoms with E-state index in [1.807, 2.05) is 0 Å². The number of anilines is 1. The van der Waals surface area contributed by atoms with Crippen LogP contribution < -0.4 is 10.2 Å². The molecule has 1 N–H and O–H groups in total. The van der Waals surface area contributed by atoms with E-state index in [9.17, 15) is 0 Å². The Morgan fingerprint density at radius 1 is 1.33 bits per heavy atom. The first-order valence-corrected chi connectivity index (χ1v) is 7.21. The Morgan fingerprint density at radius 3 is 2.67 bits per heavy atom. The predicted molar refractivity (Wildman–Crippen MR) is 79.1 cm³/mol. The van der Waals surface area contributed by atoms with Gasteiger partial charge in [-0.15, -0.1) is 0 Å². The normalized spacial score (nSPS) is 17.3. The van der Waals surface area contributed by atoms with Gasteiger partial charge in [-0.05, 0) is 36.6 Å². The van der Waals surface area contributed by atoms with Gasteiger partial charge >= 0.3 is 0 Å². The standard InChI is InChI=1S/C16H26N2/c1-4-17-16(11-13-7-5-8-13)14-9-6-10-15(12-14)18(2)3/h6,9-10,12-13,16-17H,4-5,7-8,11H2,1-3H3. The lowest BCUT2D eigenvalue weighted by Gasteiger charge is -2.30. The van der Waals surface area contributed by atoms with Gasteiger partial charge < -0.3 is 10.2 Å². The van der Waals surface area contributed by atoms with Gasteiger partial charge in [-0.3, -0.25) is 0 Å². The van der Waals surface area contributed by atoms with Gasteiger partial charge in [0.15, 0.2) is 0 Å². The van der Waals surface area contributed by atoms with Gasteiger partial charge in [0, 0.05) is 25.8 Å². The van der Waals surface area contributed by atoms with Gasteiger partial charge in [0.05, 0.1) is 0 Å². The summed E-state index contributed by atoms with van der Waals surface area (Å²) in [6, 6.07) is 9.47. The monoisotopic (exact) mass is 246 g/mol. The Kier molecular flexibility index (Phi) is 4.65. The number of nitrogens with zero attached hydrogens (tertiary/aromatic N) is 1. The Balaban J connectivity index is 2.10. The fraction of sp³-hybridized carbons (Fsp3) is 0.625. The minimum atomic E-state index is 0.528. The first kappa shape index (κ1) is 13.4. The molecule has 2 rings (SSSR count). The van der Waals surface area contributed by atoms with Crippen molar-refractivity contribution in [2.45, 2.75) is 38.6 Å². The van der Waals surface area contributed by atoms with E-state index in [2.05, 4.69) is 55.5 Å². The molecule has 2 nitrogen and oxygen atoms in total. The second kappa shape index (κ2) is 6.24.